The van der Waals surface area contributed by atoms with E-state index in [9.17, 15) is 19.5 Å². The Labute approximate surface area is 173 Å². The van der Waals surface area contributed by atoms with E-state index in [1.54, 1.807) is 13.2 Å². The number of nitrogen functional groups attached to an aromatic ring is 1. The largest absolute Gasteiger partial charge is 0.480 e. The van der Waals surface area contributed by atoms with Gasteiger partial charge in [0.25, 0.3) is 5.91 Å². The van der Waals surface area contributed by atoms with Gasteiger partial charge in [0.15, 0.2) is 0 Å². The molecule has 0 aliphatic carbocycles. The van der Waals surface area contributed by atoms with Gasteiger partial charge in [-0.05, 0) is 48.8 Å². The first-order valence-corrected chi connectivity index (χ1v) is 11.2. The molecule has 5 N–H and O–H groups in total. The number of rotatable bonds is 13. The molecule has 1 aromatic carbocycles. The van der Waals surface area contributed by atoms with Crippen LogP contribution in [-0.4, -0.2) is 66.2 Å². The molecule has 2 amide bonds. The van der Waals surface area contributed by atoms with E-state index >= 15 is 0 Å². The number of nitrogens with two attached hydrogens (primary N) is 1. The molecule has 0 fully saturated rings. The van der Waals surface area contributed by atoms with E-state index in [2.05, 4.69) is 10.6 Å². The minimum Gasteiger partial charge on any atom is -0.480 e. The number of carbonyl (C=O) groups is 3. The fourth-order valence-electron chi connectivity index (χ4n) is 2.26. The van der Waals surface area contributed by atoms with Crippen molar-refractivity contribution in [2.45, 2.75) is 18.9 Å². The standard InChI is InChI=1S/C18H27N3O5S2/c1-26-5-3-6-28-11-16(22)20-14-9-12(8-13(19)10-14)17(23)21-15(18(24)25)4-7-27-2/h8-10,15H,3-7,11,19H2,1-2H3,(H,20,22)(H,21,23)(H,24,25). The van der Waals surface area contributed by atoms with Crippen molar-refractivity contribution in [1.29, 1.82) is 0 Å². The summed E-state index contributed by atoms with van der Waals surface area (Å²) < 4.78 is 4.95. The lowest BCUT2D eigenvalue weighted by atomic mass is 10.1. The molecular weight excluding hydrogens is 402 g/mol. The number of carbonyl (C=O) groups excluding carboxylic acids is 2. The predicted molar refractivity (Wildman–Crippen MR) is 115 cm³/mol. The van der Waals surface area contributed by atoms with Crippen molar-refractivity contribution in [3.05, 3.63) is 23.8 Å². The average molecular weight is 430 g/mol. The molecule has 0 aromatic heterocycles. The van der Waals surface area contributed by atoms with Crippen molar-refractivity contribution in [3.63, 3.8) is 0 Å². The fraction of sp³-hybridized carbons (Fsp3) is 0.500. The molecule has 0 saturated carbocycles. The van der Waals surface area contributed by atoms with Gasteiger partial charge >= 0.3 is 5.97 Å². The van der Waals surface area contributed by atoms with Crippen molar-refractivity contribution in [3.8, 4) is 0 Å². The first-order chi connectivity index (χ1) is 13.4. The Bertz CT molecular complexity index is 673. The first-order valence-electron chi connectivity index (χ1n) is 8.67. The number of hydrogen-bond donors (Lipinski definition) is 4. The lowest BCUT2D eigenvalue weighted by Gasteiger charge is -2.15. The molecule has 0 aliphatic rings. The van der Waals surface area contributed by atoms with Crippen LogP contribution in [0.5, 0.6) is 0 Å². The molecule has 28 heavy (non-hydrogen) atoms. The maximum Gasteiger partial charge on any atom is 0.326 e. The zero-order valence-corrected chi connectivity index (χ0v) is 17.7. The SMILES string of the molecule is COCCCSCC(=O)Nc1cc(N)cc(C(=O)NC(CCSC)C(=O)O)c1. The van der Waals surface area contributed by atoms with E-state index in [1.807, 2.05) is 6.26 Å². The van der Waals surface area contributed by atoms with E-state index in [4.69, 9.17) is 10.5 Å². The number of amides is 2. The van der Waals surface area contributed by atoms with Crippen LogP contribution in [0, 0.1) is 0 Å². The monoisotopic (exact) mass is 429 g/mol. The van der Waals surface area contributed by atoms with Crippen LogP contribution in [0.1, 0.15) is 23.2 Å². The van der Waals surface area contributed by atoms with Gasteiger partial charge in [-0.2, -0.15) is 23.5 Å². The Kier molecular flexibility index (Phi) is 11.5. The van der Waals surface area contributed by atoms with Crippen molar-refractivity contribution < 1.29 is 24.2 Å². The summed E-state index contributed by atoms with van der Waals surface area (Å²) in [5.74, 6) is -0.162. The predicted octanol–water partition coefficient (Wildman–Crippen LogP) is 1.91. The van der Waals surface area contributed by atoms with Crippen LogP contribution in [0.2, 0.25) is 0 Å². The van der Waals surface area contributed by atoms with Crippen LogP contribution < -0.4 is 16.4 Å². The summed E-state index contributed by atoms with van der Waals surface area (Å²) in [4.78, 5) is 35.8. The Morgan fingerprint density at radius 2 is 2.00 bits per heavy atom. The van der Waals surface area contributed by atoms with Crippen molar-refractivity contribution in [1.82, 2.24) is 5.32 Å². The molecule has 0 bridgehead atoms. The number of carboxylic acids is 1. The van der Waals surface area contributed by atoms with Gasteiger partial charge in [-0.1, -0.05) is 0 Å². The minimum atomic E-state index is -1.09. The summed E-state index contributed by atoms with van der Waals surface area (Å²) in [6.45, 7) is 0.649. The molecule has 1 unspecified atom stereocenters. The lowest BCUT2D eigenvalue weighted by Crippen LogP contribution is -2.41. The zero-order valence-electron chi connectivity index (χ0n) is 16.0. The number of anilines is 2. The van der Waals surface area contributed by atoms with Crippen LogP contribution in [-0.2, 0) is 14.3 Å². The highest BCUT2D eigenvalue weighted by Gasteiger charge is 2.20. The summed E-state index contributed by atoms with van der Waals surface area (Å²) in [7, 11) is 1.63. The highest BCUT2D eigenvalue weighted by atomic mass is 32.2. The Hall–Kier alpha value is -1.91. The van der Waals surface area contributed by atoms with Gasteiger partial charge in [0.05, 0.1) is 5.75 Å². The summed E-state index contributed by atoms with van der Waals surface area (Å²) in [6.07, 6.45) is 3.04. The van der Waals surface area contributed by atoms with E-state index < -0.39 is 17.9 Å². The van der Waals surface area contributed by atoms with Crippen LogP contribution in [0.15, 0.2) is 18.2 Å². The van der Waals surface area contributed by atoms with Crippen LogP contribution in [0.25, 0.3) is 0 Å². The van der Waals surface area contributed by atoms with Crippen molar-refractivity contribution in [2.75, 3.05) is 48.3 Å². The summed E-state index contributed by atoms with van der Waals surface area (Å²) in [5.41, 5.74) is 6.71. The lowest BCUT2D eigenvalue weighted by molar-refractivity contribution is -0.139. The number of methoxy groups -OCH3 is 1. The average Bonchev–Trinajstić information content (AvgIpc) is 2.64. The van der Waals surface area contributed by atoms with E-state index in [0.717, 1.165) is 12.2 Å². The van der Waals surface area contributed by atoms with Crippen molar-refractivity contribution >= 4 is 52.7 Å². The molecule has 1 aromatic rings. The molecular formula is C18H27N3O5S2. The third-order valence-corrected chi connectivity index (χ3v) is 5.27. The van der Waals surface area contributed by atoms with Gasteiger partial charge in [-0.3, -0.25) is 9.59 Å². The summed E-state index contributed by atoms with van der Waals surface area (Å²) >= 11 is 2.99. The van der Waals surface area contributed by atoms with Crippen LogP contribution in [0.4, 0.5) is 11.4 Å². The Morgan fingerprint density at radius 3 is 2.64 bits per heavy atom. The Morgan fingerprint density at radius 1 is 1.25 bits per heavy atom. The number of nitrogens with one attached hydrogen (secondary N) is 2. The second-order valence-electron chi connectivity index (χ2n) is 5.94. The van der Waals surface area contributed by atoms with Gasteiger partial charge in [0.2, 0.25) is 5.91 Å². The molecule has 0 radical (unpaired) electrons. The first kappa shape index (κ1) is 24.1. The molecule has 1 atom stereocenters. The van der Waals surface area contributed by atoms with Gasteiger partial charge in [0.1, 0.15) is 6.04 Å². The third-order valence-electron chi connectivity index (χ3n) is 3.59. The minimum absolute atomic E-state index is 0.193. The zero-order chi connectivity index (χ0) is 20.9. The number of hydrogen-bond acceptors (Lipinski definition) is 7. The number of ether oxygens (including phenoxy) is 1. The molecule has 0 spiro atoms. The summed E-state index contributed by atoms with van der Waals surface area (Å²) in [6, 6.07) is 3.49. The van der Waals surface area contributed by atoms with Gasteiger partial charge in [-0.15, -0.1) is 0 Å². The van der Waals surface area contributed by atoms with Gasteiger partial charge in [-0.25, -0.2) is 4.79 Å². The number of carboxylic acid groups (broad SMARTS) is 1. The highest BCUT2D eigenvalue weighted by Crippen LogP contribution is 2.18. The van der Waals surface area contributed by atoms with Gasteiger partial charge in [0, 0.05) is 30.7 Å². The normalized spacial score (nSPS) is 11.6. The number of benzene rings is 1. The van der Waals surface area contributed by atoms with Crippen LogP contribution >= 0.6 is 23.5 Å². The maximum absolute atomic E-state index is 12.4. The molecule has 10 heteroatoms. The molecule has 0 heterocycles. The van der Waals surface area contributed by atoms with Gasteiger partial charge < -0.3 is 26.2 Å². The van der Waals surface area contributed by atoms with E-state index in [0.29, 0.717) is 30.2 Å². The third kappa shape index (κ3) is 9.34. The number of aliphatic carboxylic acids is 1. The van der Waals surface area contributed by atoms with Crippen molar-refractivity contribution in [2.24, 2.45) is 0 Å². The molecule has 8 nitrogen and oxygen atoms in total. The summed E-state index contributed by atoms with van der Waals surface area (Å²) in [5, 5.41) is 14.4. The Balaban J connectivity index is 2.69. The van der Waals surface area contributed by atoms with E-state index in [-0.39, 0.29) is 17.2 Å². The molecule has 1 rings (SSSR count). The second-order valence-corrected chi connectivity index (χ2v) is 8.03. The van der Waals surface area contributed by atoms with E-state index in [1.165, 1.54) is 35.7 Å². The fourth-order valence-corrected chi connectivity index (χ4v) is 3.45. The maximum atomic E-state index is 12.4. The smallest absolute Gasteiger partial charge is 0.326 e. The molecule has 156 valence electrons. The molecule has 0 aliphatic heterocycles. The quantitative estimate of drug-likeness (QED) is 0.276. The molecule has 0 saturated heterocycles. The number of thioether (sulfide) groups is 2. The highest BCUT2D eigenvalue weighted by molar-refractivity contribution is 7.99. The van der Waals surface area contributed by atoms with Crippen LogP contribution in [0.3, 0.4) is 0 Å². The second kappa shape index (κ2) is 13.3. The topological polar surface area (TPSA) is 131 Å².